The monoisotopic (exact) mass is 290 g/mol. The van der Waals surface area contributed by atoms with E-state index in [1.54, 1.807) is 4.98 Å². The van der Waals surface area contributed by atoms with Gasteiger partial charge in [-0.1, -0.05) is 6.08 Å². The summed E-state index contributed by atoms with van der Waals surface area (Å²) in [6.07, 6.45) is -3.31. The third-order valence-electron chi connectivity index (χ3n) is 2.45. The Balaban J connectivity index is 3.10. The number of aliphatic hydroxyl groups is 1. The highest BCUT2D eigenvalue weighted by Crippen LogP contribution is 2.26. The van der Waals surface area contributed by atoms with Crippen molar-refractivity contribution in [3.05, 3.63) is 46.4 Å². The zero-order valence-corrected chi connectivity index (χ0v) is 10.4. The molecule has 110 valence electrons. The molecular weight excluding hydrogens is 277 g/mol. The van der Waals surface area contributed by atoms with E-state index in [1.807, 2.05) is 0 Å². The Labute approximate surface area is 112 Å². The number of carbonyl (C=O) groups excluding carboxylic acids is 1. The average Bonchev–Trinajstić information content (AvgIpc) is 2.36. The number of nitrogens with one attached hydrogen (secondary N) is 1. The summed E-state index contributed by atoms with van der Waals surface area (Å²) >= 11 is 0. The Morgan fingerprint density at radius 1 is 1.45 bits per heavy atom. The number of aromatic amines is 1. The molecule has 0 saturated carbocycles. The maximum absolute atomic E-state index is 12.4. The van der Waals surface area contributed by atoms with Crippen LogP contribution in [0.3, 0.4) is 0 Å². The lowest BCUT2D eigenvalue weighted by Gasteiger charge is -2.19. The van der Waals surface area contributed by atoms with Crippen LogP contribution in [0, 0.1) is 0 Å². The molecule has 0 aliphatic rings. The largest absolute Gasteiger partial charge is 0.431 e. The van der Waals surface area contributed by atoms with Crippen molar-refractivity contribution in [2.24, 2.45) is 0 Å². The van der Waals surface area contributed by atoms with Crippen LogP contribution >= 0.6 is 0 Å². The zero-order chi connectivity index (χ0) is 15.3. The molecule has 1 aromatic rings. The van der Waals surface area contributed by atoms with Gasteiger partial charge in [0.05, 0.1) is 6.61 Å². The Bertz CT molecular complexity index is 552. The molecule has 1 amide bonds. The number of aliphatic hydroxyl groups excluding tert-OH is 1. The lowest BCUT2D eigenvalue weighted by atomic mass is 10.2. The van der Waals surface area contributed by atoms with E-state index in [-0.39, 0.29) is 19.7 Å². The molecule has 0 aliphatic carbocycles. The maximum atomic E-state index is 12.4. The highest BCUT2D eigenvalue weighted by atomic mass is 19.4. The number of hydrogen-bond acceptors (Lipinski definition) is 3. The maximum Gasteiger partial charge on any atom is 0.431 e. The van der Waals surface area contributed by atoms with Gasteiger partial charge in [-0.05, 0) is 12.1 Å². The van der Waals surface area contributed by atoms with Crippen molar-refractivity contribution in [1.29, 1.82) is 0 Å². The van der Waals surface area contributed by atoms with Gasteiger partial charge in [0.15, 0.2) is 0 Å². The van der Waals surface area contributed by atoms with E-state index in [0.29, 0.717) is 6.07 Å². The first kappa shape index (κ1) is 16.0. The summed E-state index contributed by atoms with van der Waals surface area (Å²) in [7, 11) is 0. The summed E-state index contributed by atoms with van der Waals surface area (Å²) in [5.74, 6) is -0.770. The van der Waals surface area contributed by atoms with Gasteiger partial charge in [0.25, 0.3) is 11.5 Å². The van der Waals surface area contributed by atoms with E-state index in [0.717, 1.165) is 11.0 Å². The molecule has 0 spiro atoms. The van der Waals surface area contributed by atoms with Crippen LogP contribution < -0.4 is 5.56 Å². The van der Waals surface area contributed by atoms with Gasteiger partial charge >= 0.3 is 6.18 Å². The number of pyridine rings is 1. The quantitative estimate of drug-likeness (QED) is 0.795. The fourth-order valence-corrected chi connectivity index (χ4v) is 1.53. The van der Waals surface area contributed by atoms with E-state index in [9.17, 15) is 22.8 Å². The van der Waals surface area contributed by atoms with Crippen LogP contribution in [-0.4, -0.2) is 40.6 Å². The zero-order valence-electron chi connectivity index (χ0n) is 10.4. The SMILES string of the molecule is C=CCN(CCO)C(=O)c1ccc(C(F)(F)F)[nH]c1=O. The average molecular weight is 290 g/mol. The number of rotatable bonds is 5. The summed E-state index contributed by atoms with van der Waals surface area (Å²) in [5, 5.41) is 8.82. The summed E-state index contributed by atoms with van der Waals surface area (Å²) < 4.78 is 37.2. The summed E-state index contributed by atoms with van der Waals surface area (Å²) in [4.78, 5) is 26.2. The van der Waals surface area contributed by atoms with Gasteiger partial charge in [0.1, 0.15) is 11.3 Å². The Kier molecular flexibility index (Phi) is 5.09. The first-order valence-electron chi connectivity index (χ1n) is 5.62. The number of amides is 1. The Morgan fingerprint density at radius 3 is 2.55 bits per heavy atom. The van der Waals surface area contributed by atoms with E-state index in [1.165, 1.54) is 6.08 Å². The molecule has 0 aromatic carbocycles. The van der Waals surface area contributed by atoms with Crippen LogP contribution in [0.4, 0.5) is 13.2 Å². The lowest BCUT2D eigenvalue weighted by Crippen LogP contribution is -2.37. The third kappa shape index (κ3) is 3.70. The molecule has 1 aromatic heterocycles. The number of halogens is 3. The van der Waals surface area contributed by atoms with E-state index >= 15 is 0 Å². The van der Waals surface area contributed by atoms with Crippen LogP contribution in [-0.2, 0) is 6.18 Å². The number of carbonyl (C=O) groups is 1. The molecule has 8 heteroatoms. The van der Waals surface area contributed by atoms with Gasteiger partial charge < -0.3 is 15.0 Å². The fourth-order valence-electron chi connectivity index (χ4n) is 1.53. The number of aromatic nitrogens is 1. The number of nitrogens with zero attached hydrogens (tertiary/aromatic N) is 1. The fraction of sp³-hybridized carbons (Fsp3) is 0.333. The van der Waals surface area contributed by atoms with Crippen molar-refractivity contribution in [2.75, 3.05) is 19.7 Å². The molecule has 0 radical (unpaired) electrons. The van der Waals surface area contributed by atoms with E-state index < -0.39 is 28.9 Å². The molecule has 20 heavy (non-hydrogen) atoms. The topological polar surface area (TPSA) is 73.4 Å². The minimum atomic E-state index is -4.69. The lowest BCUT2D eigenvalue weighted by molar-refractivity contribution is -0.141. The van der Waals surface area contributed by atoms with Crippen LogP contribution in [0.15, 0.2) is 29.6 Å². The Morgan fingerprint density at radius 2 is 2.10 bits per heavy atom. The van der Waals surface area contributed by atoms with Crippen molar-refractivity contribution in [3.63, 3.8) is 0 Å². The number of H-pyrrole nitrogens is 1. The molecular formula is C12H13F3N2O3. The highest BCUT2D eigenvalue weighted by Gasteiger charge is 2.32. The second-order valence-corrected chi connectivity index (χ2v) is 3.88. The molecule has 2 N–H and O–H groups in total. The minimum Gasteiger partial charge on any atom is -0.395 e. The predicted octanol–water partition coefficient (Wildman–Crippen LogP) is 1.01. The summed E-state index contributed by atoms with van der Waals surface area (Å²) in [5.41, 5.74) is -2.78. The Hall–Kier alpha value is -2.09. The van der Waals surface area contributed by atoms with E-state index in [2.05, 4.69) is 6.58 Å². The van der Waals surface area contributed by atoms with E-state index in [4.69, 9.17) is 5.11 Å². The molecule has 0 aliphatic heterocycles. The smallest absolute Gasteiger partial charge is 0.395 e. The second kappa shape index (κ2) is 6.38. The van der Waals surface area contributed by atoms with Gasteiger partial charge in [0, 0.05) is 13.1 Å². The number of hydrogen-bond donors (Lipinski definition) is 2. The van der Waals surface area contributed by atoms with Crippen molar-refractivity contribution in [3.8, 4) is 0 Å². The summed E-state index contributed by atoms with van der Waals surface area (Å²) in [6, 6.07) is 1.44. The molecule has 0 unspecified atom stereocenters. The normalized spacial score (nSPS) is 11.2. The number of alkyl halides is 3. The van der Waals surface area contributed by atoms with Crippen molar-refractivity contribution in [1.82, 2.24) is 9.88 Å². The van der Waals surface area contributed by atoms with Gasteiger partial charge in [-0.15, -0.1) is 6.58 Å². The standard InChI is InChI=1S/C12H13F3N2O3/c1-2-5-17(6-7-18)11(20)8-3-4-9(12(13,14)15)16-10(8)19/h2-4,18H,1,5-7H2,(H,16,19). The van der Waals surface area contributed by atoms with Crippen LogP contribution in [0.2, 0.25) is 0 Å². The van der Waals surface area contributed by atoms with Crippen molar-refractivity contribution >= 4 is 5.91 Å². The predicted molar refractivity (Wildman–Crippen MR) is 65.3 cm³/mol. The molecule has 0 saturated heterocycles. The first-order valence-corrected chi connectivity index (χ1v) is 5.62. The first-order chi connectivity index (χ1) is 9.31. The molecule has 1 heterocycles. The highest BCUT2D eigenvalue weighted by molar-refractivity contribution is 5.93. The second-order valence-electron chi connectivity index (χ2n) is 3.88. The minimum absolute atomic E-state index is 0.0503. The van der Waals surface area contributed by atoms with Crippen LogP contribution in [0.1, 0.15) is 16.1 Å². The summed E-state index contributed by atoms with van der Waals surface area (Å²) in [6.45, 7) is 3.10. The molecule has 1 rings (SSSR count). The van der Waals surface area contributed by atoms with Crippen molar-refractivity contribution < 1.29 is 23.1 Å². The van der Waals surface area contributed by atoms with Crippen LogP contribution in [0.5, 0.6) is 0 Å². The molecule has 0 atom stereocenters. The van der Waals surface area contributed by atoms with Gasteiger partial charge in [-0.25, -0.2) is 0 Å². The van der Waals surface area contributed by atoms with Crippen LogP contribution in [0.25, 0.3) is 0 Å². The molecule has 0 fully saturated rings. The van der Waals surface area contributed by atoms with Gasteiger partial charge in [-0.2, -0.15) is 13.2 Å². The molecule has 0 bridgehead atoms. The molecule has 5 nitrogen and oxygen atoms in total. The van der Waals surface area contributed by atoms with Crippen molar-refractivity contribution in [2.45, 2.75) is 6.18 Å². The van der Waals surface area contributed by atoms with Gasteiger partial charge in [0.2, 0.25) is 0 Å². The third-order valence-corrected chi connectivity index (χ3v) is 2.45. The van der Waals surface area contributed by atoms with Gasteiger partial charge in [-0.3, -0.25) is 9.59 Å².